The van der Waals surface area contributed by atoms with Crippen LogP contribution in [-0.4, -0.2) is 73.7 Å². The number of hydrogen-bond acceptors (Lipinski definition) is 5. The average Bonchev–Trinajstić information content (AvgIpc) is 3.01. The van der Waals surface area contributed by atoms with Gasteiger partial charge in [-0.25, -0.2) is 4.57 Å². The van der Waals surface area contributed by atoms with Crippen molar-refractivity contribution in [2.24, 2.45) is 0 Å². The normalized spacial score (nSPS) is 13.9. The fourth-order valence-electron chi connectivity index (χ4n) is 5.66. The number of nitrogens with one attached hydrogen (secondary N) is 1. The molecule has 0 rings (SSSR count). The van der Waals surface area contributed by atoms with E-state index in [-0.39, 0.29) is 25.2 Å². The van der Waals surface area contributed by atoms with E-state index in [9.17, 15) is 14.3 Å². The van der Waals surface area contributed by atoms with Crippen LogP contribution >= 0.6 is 19.6 Å². The maximum atomic E-state index is 12.8. The molecule has 1 unspecified atom stereocenters. The molecule has 0 radical (unpaired) electrons. The summed E-state index contributed by atoms with van der Waals surface area (Å²) in [5.41, 5.74) is 0. The number of phosphoric ester groups is 1. The monoisotopic (exact) mass is 708 g/mol. The minimum absolute atomic E-state index is 0.00494. The minimum atomic E-state index is -4.17. The molecule has 0 aliphatic heterocycles. The van der Waals surface area contributed by atoms with Gasteiger partial charge in [0.1, 0.15) is 13.2 Å². The summed E-state index contributed by atoms with van der Waals surface area (Å²) < 4.78 is 23.7. The Morgan fingerprint density at radius 2 is 1.06 bits per heavy atom. The molecule has 0 bridgehead atoms. The van der Waals surface area contributed by atoms with E-state index in [4.69, 9.17) is 9.05 Å². The first-order chi connectivity index (χ1) is 22.6. The number of nitrogens with zero attached hydrogens (tertiary/aromatic N) is 1. The van der Waals surface area contributed by atoms with Crippen molar-refractivity contribution >= 4 is 25.5 Å². The number of amides is 1. The van der Waals surface area contributed by atoms with E-state index in [0.717, 1.165) is 25.0 Å². The van der Waals surface area contributed by atoms with E-state index >= 15 is 0 Å². The van der Waals surface area contributed by atoms with Gasteiger partial charge in [0.2, 0.25) is 5.91 Å². The van der Waals surface area contributed by atoms with Crippen LogP contribution in [0.25, 0.3) is 0 Å². The quantitative estimate of drug-likeness (QED) is 0.0380. The molecule has 0 aliphatic carbocycles. The highest BCUT2D eigenvalue weighted by atomic mass is 32.2. The molecule has 0 saturated heterocycles. The van der Waals surface area contributed by atoms with Crippen LogP contribution < -0.4 is 5.32 Å². The first kappa shape index (κ1) is 46.9. The highest BCUT2D eigenvalue weighted by molar-refractivity contribution is 7.99. The van der Waals surface area contributed by atoms with Crippen molar-refractivity contribution < 1.29 is 27.8 Å². The minimum Gasteiger partial charge on any atom is -0.350 e. The molecule has 0 aromatic heterocycles. The lowest BCUT2D eigenvalue weighted by Crippen LogP contribution is -2.40. The van der Waals surface area contributed by atoms with Crippen molar-refractivity contribution in [3.05, 3.63) is 0 Å². The molecule has 0 fully saturated rings. The van der Waals surface area contributed by atoms with Gasteiger partial charge in [-0.1, -0.05) is 162 Å². The zero-order chi connectivity index (χ0) is 34.9. The van der Waals surface area contributed by atoms with Crippen LogP contribution in [0, 0.1) is 0 Å². The van der Waals surface area contributed by atoms with E-state index in [1.165, 1.54) is 141 Å². The Labute approximate surface area is 297 Å². The lowest BCUT2D eigenvalue weighted by molar-refractivity contribution is -0.870. The standard InChI is InChI=1S/C38H79N2O5PS/c1-6-8-10-12-14-16-18-19-20-22-24-26-28-30-34-47-36-37(35-45-46(42,43)44-33-32-40(3,4)5)39-38(41)31-29-27-25-23-21-17-15-13-11-9-7-2/h37H,6-36H2,1-5H3,(H-,39,41,42,43)/p+1/t37-/m0/s1. The predicted molar refractivity (Wildman–Crippen MR) is 205 cm³/mol. The summed E-state index contributed by atoms with van der Waals surface area (Å²) in [6, 6.07) is -0.311. The number of unbranched alkanes of at least 4 members (excludes halogenated alkanes) is 23. The van der Waals surface area contributed by atoms with Crippen molar-refractivity contribution in [1.29, 1.82) is 0 Å². The smallest absolute Gasteiger partial charge is 0.350 e. The number of thioether (sulfide) groups is 1. The first-order valence-electron chi connectivity index (χ1n) is 19.9. The number of quaternary nitrogens is 1. The maximum Gasteiger partial charge on any atom is 0.472 e. The molecule has 0 aromatic carbocycles. The fourth-order valence-corrected chi connectivity index (χ4v) is 7.45. The Morgan fingerprint density at radius 1 is 0.660 bits per heavy atom. The molecule has 0 aliphatic rings. The number of carbonyl (C=O) groups excluding carboxylic acids is 1. The first-order valence-corrected chi connectivity index (χ1v) is 22.5. The largest absolute Gasteiger partial charge is 0.472 e. The Morgan fingerprint density at radius 3 is 1.49 bits per heavy atom. The van der Waals surface area contributed by atoms with Gasteiger partial charge in [-0.15, -0.1) is 0 Å². The summed E-state index contributed by atoms with van der Waals surface area (Å²) in [5, 5.41) is 3.08. The van der Waals surface area contributed by atoms with Crippen molar-refractivity contribution in [3.63, 3.8) is 0 Å². The van der Waals surface area contributed by atoms with Gasteiger partial charge in [0.15, 0.2) is 0 Å². The fraction of sp³-hybridized carbons (Fsp3) is 0.974. The molecule has 2 atom stereocenters. The van der Waals surface area contributed by atoms with E-state index < -0.39 is 7.82 Å². The van der Waals surface area contributed by atoms with Gasteiger partial charge in [-0.05, 0) is 18.6 Å². The van der Waals surface area contributed by atoms with Crippen molar-refractivity contribution in [2.75, 3.05) is 52.4 Å². The molecule has 2 N–H and O–H groups in total. The number of hydrogen-bond donors (Lipinski definition) is 2. The van der Waals surface area contributed by atoms with E-state index in [1.807, 2.05) is 21.1 Å². The highest BCUT2D eigenvalue weighted by Crippen LogP contribution is 2.43. The van der Waals surface area contributed by atoms with Gasteiger partial charge in [-0.2, -0.15) is 11.8 Å². The number of phosphoric acid groups is 1. The molecule has 0 heterocycles. The number of rotatable bonds is 37. The van der Waals surface area contributed by atoms with Gasteiger partial charge in [0.25, 0.3) is 0 Å². The Kier molecular flexibility index (Phi) is 33.0. The Balaban J connectivity index is 4.24. The van der Waals surface area contributed by atoms with Crippen LogP contribution in [0.5, 0.6) is 0 Å². The second kappa shape index (κ2) is 33.1. The van der Waals surface area contributed by atoms with Crippen molar-refractivity contribution in [3.8, 4) is 0 Å². The van der Waals surface area contributed by atoms with Gasteiger partial charge in [-0.3, -0.25) is 13.8 Å². The zero-order valence-corrected chi connectivity index (χ0v) is 33.6. The topological polar surface area (TPSA) is 84.9 Å². The molecular weight excluding hydrogens is 627 g/mol. The SMILES string of the molecule is CCCCCCCCCCCCCCCCSC[C@H](COP(=O)(O)OCC[N+](C)(C)C)NC(=O)CCCCCCCCCCCCC. The van der Waals surface area contributed by atoms with E-state index in [2.05, 4.69) is 19.2 Å². The summed E-state index contributed by atoms with van der Waals surface area (Å²) >= 11 is 1.80. The van der Waals surface area contributed by atoms with Crippen LogP contribution in [0.15, 0.2) is 0 Å². The Hall–Kier alpha value is -0.110. The third-order valence-electron chi connectivity index (χ3n) is 8.79. The van der Waals surface area contributed by atoms with Crippen molar-refractivity contribution in [1.82, 2.24) is 5.32 Å². The van der Waals surface area contributed by atoms with Crippen molar-refractivity contribution in [2.45, 2.75) is 187 Å². The summed E-state index contributed by atoms with van der Waals surface area (Å²) in [6.45, 7) is 5.25. The molecule has 7 nitrogen and oxygen atoms in total. The van der Waals surface area contributed by atoms with Gasteiger partial charge in [0, 0.05) is 12.2 Å². The zero-order valence-electron chi connectivity index (χ0n) is 31.9. The molecule has 9 heteroatoms. The van der Waals surface area contributed by atoms with Crippen LogP contribution in [0.1, 0.15) is 181 Å². The molecule has 0 spiro atoms. The van der Waals surface area contributed by atoms with Gasteiger partial charge < -0.3 is 14.7 Å². The van der Waals surface area contributed by atoms with Gasteiger partial charge >= 0.3 is 7.82 Å². The molecule has 47 heavy (non-hydrogen) atoms. The molecular formula is C38H80N2O5PS+. The lowest BCUT2D eigenvalue weighted by atomic mass is 10.0. The molecule has 1 amide bonds. The van der Waals surface area contributed by atoms with Gasteiger partial charge in [0.05, 0.1) is 33.8 Å². The highest BCUT2D eigenvalue weighted by Gasteiger charge is 2.25. The van der Waals surface area contributed by atoms with Crippen LogP contribution in [0.2, 0.25) is 0 Å². The van der Waals surface area contributed by atoms with E-state index in [0.29, 0.717) is 23.2 Å². The summed E-state index contributed by atoms with van der Waals surface area (Å²) in [4.78, 5) is 23.0. The second-order valence-electron chi connectivity index (χ2n) is 14.8. The number of carbonyl (C=O) groups is 1. The summed E-state index contributed by atoms with van der Waals surface area (Å²) in [5.74, 6) is 1.70. The third-order valence-corrected chi connectivity index (χ3v) is 11.0. The lowest BCUT2D eigenvalue weighted by Gasteiger charge is -2.24. The number of likely N-dealkylation sites (N-methyl/N-ethyl adjacent to an activating group) is 1. The van der Waals surface area contributed by atoms with Crippen LogP contribution in [0.4, 0.5) is 0 Å². The van der Waals surface area contributed by atoms with E-state index in [1.54, 1.807) is 11.8 Å². The summed E-state index contributed by atoms with van der Waals surface area (Å²) in [7, 11) is 1.84. The van der Waals surface area contributed by atoms with Crippen LogP contribution in [0.3, 0.4) is 0 Å². The maximum absolute atomic E-state index is 12.8. The van der Waals surface area contributed by atoms with Crippen LogP contribution in [-0.2, 0) is 18.4 Å². The summed E-state index contributed by atoms with van der Waals surface area (Å²) in [6.07, 6.45) is 33.2. The molecule has 0 aromatic rings. The third kappa shape index (κ3) is 37.0. The molecule has 0 saturated carbocycles. The predicted octanol–water partition coefficient (Wildman–Crippen LogP) is 11.2. The Bertz CT molecular complexity index is 737. The molecule has 282 valence electrons. The second-order valence-corrected chi connectivity index (χ2v) is 17.4. The average molecular weight is 708 g/mol.